The first kappa shape index (κ1) is 18.6. The van der Waals surface area contributed by atoms with Crippen molar-refractivity contribution >= 4 is 23.1 Å². The molecule has 6 nitrogen and oxygen atoms in total. The first-order valence-corrected chi connectivity index (χ1v) is 9.29. The van der Waals surface area contributed by atoms with E-state index in [9.17, 15) is 0 Å². The second-order valence-corrected chi connectivity index (χ2v) is 6.35. The fourth-order valence-electron chi connectivity index (χ4n) is 2.81. The second kappa shape index (κ2) is 8.98. The van der Waals surface area contributed by atoms with Crippen LogP contribution in [0.5, 0.6) is 0 Å². The summed E-state index contributed by atoms with van der Waals surface area (Å²) in [6, 6.07) is 16.7. The van der Waals surface area contributed by atoms with Crippen molar-refractivity contribution in [1.29, 1.82) is 0 Å². The van der Waals surface area contributed by atoms with Crippen LogP contribution in [0, 0.1) is 6.92 Å². The fraction of sp³-hybridized carbons (Fsp3) is 0.286. The molecule has 0 bridgehead atoms. The average molecular weight is 362 g/mol. The van der Waals surface area contributed by atoms with Crippen LogP contribution in [0.1, 0.15) is 25.0 Å². The lowest BCUT2D eigenvalue weighted by molar-refractivity contribution is 0.866. The largest absolute Gasteiger partial charge is 0.372 e. The van der Waals surface area contributed by atoms with Gasteiger partial charge in [-0.2, -0.15) is 10.1 Å². The third kappa shape index (κ3) is 5.17. The summed E-state index contributed by atoms with van der Waals surface area (Å²) in [7, 11) is 0. The molecule has 0 radical (unpaired) electrons. The van der Waals surface area contributed by atoms with Gasteiger partial charge in [0.05, 0.1) is 6.20 Å². The van der Waals surface area contributed by atoms with E-state index in [0.717, 1.165) is 18.8 Å². The summed E-state index contributed by atoms with van der Waals surface area (Å²) in [6.07, 6.45) is 1.63. The van der Waals surface area contributed by atoms with E-state index in [-0.39, 0.29) is 0 Å². The molecule has 0 unspecified atom stereocenters. The molecule has 0 fully saturated rings. The lowest BCUT2D eigenvalue weighted by Gasteiger charge is -2.21. The highest BCUT2D eigenvalue weighted by atomic mass is 15.3. The van der Waals surface area contributed by atoms with E-state index in [1.165, 1.54) is 16.8 Å². The number of hydrogen-bond acceptors (Lipinski definition) is 6. The minimum Gasteiger partial charge on any atom is -0.372 e. The van der Waals surface area contributed by atoms with Crippen molar-refractivity contribution in [3.8, 4) is 0 Å². The molecule has 0 saturated heterocycles. The Bertz CT molecular complexity index is 841. The first-order chi connectivity index (χ1) is 13.2. The van der Waals surface area contributed by atoms with Gasteiger partial charge in [0, 0.05) is 31.0 Å². The predicted octanol–water partition coefficient (Wildman–Crippen LogP) is 4.38. The van der Waals surface area contributed by atoms with Gasteiger partial charge in [-0.05, 0) is 50.6 Å². The number of rotatable bonds is 8. The molecule has 0 saturated carbocycles. The smallest absolute Gasteiger partial charge is 0.249 e. The molecule has 6 heteroatoms. The van der Waals surface area contributed by atoms with Crippen LogP contribution in [-0.2, 0) is 6.54 Å². The van der Waals surface area contributed by atoms with Gasteiger partial charge in [0.15, 0.2) is 5.82 Å². The number of aromatic nitrogens is 3. The zero-order valence-electron chi connectivity index (χ0n) is 16.1. The maximum atomic E-state index is 4.48. The lowest BCUT2D eigenvalue weighted by atomic mass is 10.1. The number of benzene rings is 2. The Balaban J connectivity index is 1.62. The molecule has 0 atom stereocenters. The SMILES string of the molecule is CCN(CC)c1ccc(Nc2nncc(NCc3ccc(C)cc3)n2)cc1. The van der Waals surface area contributed by atoms with E-state index >= 15 is 0 Å². The maximum Gasteiger partial charge on any atom is 0.249 e. The molecule has 1 aromatic heterocycles. The van der Waals surface area contributed by atoms with Crippen LogP contribution in [0.15, 0.2) is 54.7 Å². The van der Waals surface area contributed by atoms with Crippen molar-refractivity contribution in [2.75, 3.05) is 28.6 Å². The summed E-state index contributed by atoms with van der Waals surface area (Å²) in [5.74, 6) is 1.16. The monoisotopic (exact) mass is 362 g/mol. The van der Waals surface area contributed by atoms with Crippen molar-refractivity contribution in [1.82, 2.24) is 15.2 Å². The number of aryl methyl sites for hydroxylation is 1. The third-order valence-electron chi connectivity index (χ3n) is 4.41. The van der Waals surface area contributed by atoms with E-state index in [4.69, 9.17) is 0 Å². The minimum absolute atomic E-state index is 0.472. The number of nitrogens with zero attached hydrogens (tertiary/aromatic N) is 4. The molecule has 2 N–H and O–H groups in total. The summed E-state index contributed by atoms with van der Waals surface area (Å²) in [5, 5.41) is 14.6. The quantitative estimate of drug-likeness (QED) is 0.620. The Morgan fingerprint density at radius 1 is 0.926 bits per heavy atom. The fourth-order valence-corrected chi connectivity index (χ4v) is 2.81. The summed E-state index contributed by atoms with van der Waals surface area (Å²) in [5.41, 5.74) is 4.59. The molecule has 0 aliphatic rings. The molecule has 140 valence electrons. The van der Waals surface area contributed by atoms with Crippen LogP contribution in [0.4, 0.5) is 23.1 Å². The Morgan fingerprint density at radius 2 is 1.63 bits per heavy atom. The van der Waals surface area contributed by atoms with E-state index < -0.39 is 0 Å². The molecular weight excluding hydrogens is 336 g/mol. The van der Waals surface area contributed by atoms with Gasteiger partial charge in [-0.3, -0.25) is 0 Å². The van der Waals surface area contributed by atoms with Crippen molar-refractivity contribution < 1.29 is 0 Å². The Kier molecular flexibility index (Phi) is 6.20. The molecule has 27 heavy (non-hydrogen) atoms. The lowest BCUT2D eigenvalue weighted by Crippen LogP contribution is -2.21. The molecule has 0 aliphatic carbocycles. The van der Waals surface area contributed by atoms with Crippen LogP contribution in [0.3, 0.4) is 0 Å². The topological polar surface area (TPSA) is 66.0 Å². The zero-order chi connectivity index (χ0) is 19.1. The van der Waals surface area contributed by atoms with Crippen molar-refractivity contribution in [2.24, 2.45) is 0 Å². The normalized spacial score (nSPS) is 10.5. The van der Waals surface area contributed by atoms with Gasteiger partial charge in [-0.1, -0.05) is 29.8 Å². The van der Waals surface area contributed by atoms with Crippen LogP contribution < -0.4 is 15.5 Å². The van der Waals surface area contributed by atoms with Gasteiger partial charge < -0.3 is 15.5 Å². The molecule has 0 spiro atoms. The van der Waals surface area contributed by atoms with E-state index in [1.54, 1.807) is 6.20 Å². The number of nitrogens with one attached hydrogen (secondary N) is 2. The van der Waals surface area contributed by atoms with Crippen LogP contribution in [0.25, 0.3) is 0 Å². The highest BCUT2D eigenvalue weighted by Gasteiger charge is 2.04. The first-order valence-electron chi connectivity index (χ1n) is 9.29. The predicted molar refractivity (Wildman–Crippen MR) is 112 cm³/mol. The maximum absolute atomic E-state index is 4.48. The van der Waals surface area contributed by atoms with Gasteiger partial charge in [0.2, 0.25) is 5.95 Å². The zero-order valence-corrected chi connectivity index (χ0v) is 16.1. The summed E-state index contributed by atoms with van der Waals surface area (Å²) in [4.78, 5) is 6.79. The summed E-state index contributed by atoms with van der Waals surface area (Å²) < 4.78 is 0. The van der Waals surface area contributed by atoms with E-state index in [2.05, 4.69) is 87.9 Å². The highest BCUT2D eigenvalue weighted by molar-refractivity contribution is 5.59. The van der Waals surface area contributed by atoms with Gasteiger partial charge in [0.25, 0.3) is 0 Å². The Hall–Kier alpha value is -3.15. The van der Waals surface area contributed by atoms with Crippen molar-refractivity contribution in [2.45, 2.75) is 27.3 Å². The van der Waals surface area contributed by atoms with Gasteiger partial charge in [-0.15, -0.1) is 5.10 Å². The van der Waals surface area contributed by atoms with Crippen molar-refractivity contribution in [3.05, 3.63) is 65.9 Å². The molecule has 3 rings (SSSR count). The Morgan fingerprint density at radius 3 is 2.30 bits per heavy atom. The second-order valence-electron chi connectivity index (χ2n) is 6.35. The average Bonchev–Trinajstić information content (AvgIpc) is 2.70. The molecular formula is C21H26N6. The molecule has 0 aliphatic heterocycles. The van der Waals surface area contributed by atoms with Gasteiger partial charge in [-0.25, -0.2) is 0 Å². The molecule has 2 aromatic carbocycles. The molecule has 3 aromatic rings. The van der Waals surface area contributed by atoms with E-state index in [0.29, 0.717) is 18.3 Å². The number of anilines is 4. The summed E-state index contributed by atoms with van der Waals surface area (Å²) in [6.45, 7) is 9.07. The Labute approximate surface area is 160 Å². The van der Waals surface area contributed by atoms with Gasteiger partial charge >= 0.3 is 0 Å². The minimum atomic E-state index is 0.472. The van der Waals surface area contributed by atoms with Gasteiger partial charge in [0.1, 0.15) is 0 Å². The van der Waals surface area contributed by atoms with E-state index in [1.807, 2.05) is 12.1 Å². The van der Waals surface area contributed by atoms with Crippen molar-refractivity contribution in [3.63, 3.8) is 0 Å². The summed E-state index contributed by atoms with van der Waals surface area (Å²) >= 11 is 0. The third-order valence-corrected chi connectivity index (χ3v) is 4.41. The number of hydrogen-bond donors (Lipinski definition) is 2. The highest BCUT2D eigenvalue weighted by Crippen LogP contribution is 2.20. The molecule has 1 heterocycles. The van der Waals surface area contributed by atoms with Crippen LogP contribution in [-0.4, -0.2) is 28.3 Å². The van der Waals surface area contributed by atoms with Crippen LogP contribution in [0.2, 0.25) is 0 Å². The van der Waals surface area contributed by atoms with Crippen LogP contribution >= 0.6 is 0 Å². The molecule has 0 amide bonds. The standard InChI is InChI=1S/C21H26N6/c1-4-27(5-2)19-12-10-18(11-13-19)24-21-25-20(15-23-26-21)22-14-17-8-6-16(3)7-9-17/h6-13,15H,4-5,14H2,1-3H3,(H2,22,24,25,26).